The number of hydrogen-bond donors (Lipinski definition) is 1. The van der Waals surface area contributed by atoms with Gasteiger partial charge in [0.2, 0.25) is 5.91 Å². The van der Waals surface area contributed by atoms with E-state index in [0.29, 0.717) is 32.7 Å². The van der Waals surface area contributed by atoms with Gasteiger partial charge in [-0.1, -0.05) is 172 Å². The molecule has 2 bridgehead atoms. The molecule has 0 saturated carbocycles. The van der Waals surface area contributed by atoms with Crippen molar-refractivity contribution < 1.29 is 23.5 Å². The number of amides is 2. The SMILES string of the molecule is CC(C)(C)OC(=O)N1C2CCC1(CCNC(=O)CO[C@H]1CN3CCC[C@]3(CO[Si](c3ccccc3)(c3ccccc3)C(C)(C)C)C1)CN(C(c1ccccc1)(c1ccccc1)c1ccccc1)C2. The molecule has 4 aliphatic heterocycles. The molecule has 0 radical (unpaired) electrons. The molecule has 5 aromatic carbocycles. The monoisotopic (exact) mass is 933 g/mol. The third-order valence-electron chi connectivity index (χ3n) is 15.5. The molecule has 4 fully saturated rings. The summed E-state index contributed by atoms with van der Waals surface area (Å²) >= 11 is 0. The van der Waals surface area contributed by atoms with Crippen LogP contribution in [0.2, 0.25) is 5.04 Å². The Morgan fingerprint density at radius 2 is 1.22 bits per heavy atom. The molecule has 68 heavy (non-hydrogen) atoms. The molecule has 0 aromatic heterocycles. The van der Waals surface area contributed by atoms with Gasteiger partial charge in [0.25, 0.3) is 8.32 Å². The zero-order chi connectivity index (χ0) is 47.6. The van der Waals surface area contributed by atoms with Crippen molar-refractivity contribution in [2.75, 3.05) is 45.9 Å². The molecule has 4 atom stereocenters. The van der Waals surface area contributed by atoms with Gasteiger partial charge in [-0.25, -0.2) is 4.79 Å². The summed E-state index contributed by atoms with van der Waals surface area (Å²) in [5, 5.41) is 5.71. The average Bonchev–Trinajstić information content (AvgIpc) is 3.96. The number of benzene rings is 5. The highest BCUT2D eigenvalue weighted by Gasteiger charge is 2.59. The number of nitrogens with one attached hydrogen (secondary N) is 1. The summed E-state index contributed by atoms with van der Waals surface area (Å²) in [4.78, 5) is 35.4. The second-order valence-electron chi connectivity index (χ2n) is 21.9. The van der Waals surface area contributed by atoms with E-state index in [-0.39, 0.29) is 41.3 Å². The summed E-state index contributed by atoms with van der Waals surface area (Å²) < 4.78 is 20.2. The number of carbonyl (C=O) groups is 2. The van der Waals surface area contributed by atoms with Crippen LogP contribution in [0.1, 0.15) is 96.8 Å². The van der Waals surface area contributed by atoms with Crippen LogP contribution in [0.3, 0.4) is 0 Å². The lowest BCUT2D eigenvalue weighted by Crippen LogP contribution is -2.68. The number of likely N-dealkylation sites (tertiary alicyclic amines) is 1. The number of fused-ring (bicyclic) bond motifs is 3. The fourth-order valence-electron chi connectivity index (χ4n) is 12.7. The van der Waals surface area contributed by atoms with E-state index in [2.05, 4.69) is 188 Å². The Morgan fingerprint density at radius 3 is 1.74 bits per heavy atom. The first-order chi connectivity index (χ1) is 32.7. The lowest BCUT2D eigenvalue weighted by molar-refractivity contribution is -0.127. The highest BCUT2D eigenvalue weighted by molar-refractivity contribution is 6.99. The van der Waals surface area contributed by atoms with Gasteiger partial charge in [0.05, 0.1) is 23.8 Å². The van der Waals surface area contributed by atoms with Crippen LogP contribution in [-0.4, -0.2) is 110 Å². The van der Waals surface area contributed by atoms with Crippen LogP contribution in [0.5, 0.6) is 0 Å². The van der Waals surface area contributed by atoms with Crippen molar-refractivity contribution >= 4 is 30.7 Å². The number of carbonyl (C=O) groups excluding carboxylic acids is 2. The topological polar surface area (TPSA) is 83.6 Å². The Hall–Kier alpha value is -5.10. The van der Waals surface area contributed by atoms with E-state index in [0.717, 1.165) is 45.2 Å². The summed E-state index contributed by atoms with van der Waals surface area (Å²) in [6.45, 7) is 16.9. The molecule has 9 rings (SSSR count). The summed E-state index contributed by atoms with van der Waals surface area (Å²) in [6, 6.07) is 54.0. The Bertz CT molecular complexity index is 2330. The highest BCUT2D eigenvalue weighted by Crippen LogP contribution is 2.50. The summed E-state index contributed by atoms with van der Waals surface area (Å²) in [7, 11) is -2.73. The first-order valence-corrected chi connectivity index (χ1v) is 26.9. The normalized spacial score (nSPS) is 23.4. The fraction of sp³-hybridized carbons (Fsp3) is 0.448. The van der Waals surface area contributed by atoms with Gasteiger partial charge in [-0.3, -0.25) is 19.5 Å². The van der Waals surface area contributed by atoms with Crippen LogP contribution in [0, 0.1) is 0 Å². The van der Waals surface area contributed by atoms with E-state index in [1.807, 2.05) is 25.7 Å². The van der Waals surface area contributed by atoms with Crippen LogP contribution in [0.4, 0.5) is 4.79 Å². The third kappa shape index (κ3) is 9.11. The summed E-state index contributed by atoms with van der Waals surface area (Å²) in [5.41, 5.74) is 1.51. The molecule has 10 heteroatoms. The van der Waals surface area contributed by atoms with Crippen LogP contribution in [-0.2, 0) is 24.2 Å². The van der Waals surface area contributed by atoms with E-state index in [1.54, 1.807) is 0 Å². The van der Waals surface area contributed by atoms with Gasteiger partial charge in [-0.05, 0) is 97.9 Å². The Balaban J connectivity index is 0.915. The molecule has 0 spiro atoms. The molecule has 358 valence electrons. The Labute approximate surface area is 406 Å². The predicted octanol–water partition coefficient (Wildman–Crippen LogP) is 9.14. The fourth-order valence-corrected chi connectivity index (χ4v) is 17.3. The molecule has 4 heterocycles. The second kappa shape index (κ2) is 19.4. The third-order valence-corrected chi connectivity index (χ3v) is 20.5. The van der Waals surface area contributed by atoms with E-state index in [1.165, 1.54) is 27.1 Å². The first-order valence-electron chi connectivity index (χ1n) is 25.0. The van der Waals surface area contributed by atoms with Crippen molar-refractivity contribution in [1.82, 2.24) is 20.0 Å². The van der Waals surface area contributed by atoms with Crippen molar-refractivity contribution in [3.63, 3.8) is 0 Å². The lowest BCUT2D eigenvalue weighted by atomic mass is 9.74. The molecule has 0 aliphatic carbocycles. The van der Waals surface area contributed by atoms with Gasteiger partial charge in [0.15, 0.2) is 0 Å². The van der Waals surface area contributed by atoms with Crippen molar-refractivity contribution in [3.8, 4) is 0 Å². The number of hydrogen-bond acceptors (Lipinski definition) is 7. The molecular formula is C58H72N4O5Si. The van der Waals surface area contributed by atoms with Crippen LogP contribution < -0.4 is 15.7 Å². The zero-order valence-corrected chi connectivity index (χ0v) is 42.2. The molecule has 5 aromatic rings. The van der Waals surface area contributed by atoms with Gasteiger partial charge in [-0.15, -0.1) is 0 Å². The smallest absolute Gasteiger partial charge is 0.411 e. The minimum absolute atomic E-state index is 0.0131. The van der Waals surface area contributed by atoms with Gasteiger partial charge in [0, 0.05) is 37.8 Å². The number of nitrogens with zero attached hydrogens (tertiary/aromatic N) is 3. The predicted molar refractivity (Wildman–Crippen MR) is 274 cm³/mol. The van der Waals surface area contributed by atoms with Gasteiger partial charge in [0.1, 0.15) is 12.2 Å². The van der Waals surface area contributed by atoms with Gasteiger partial charge in [-0.2, -0.15) is 0 Å². The first kappa shape index (κ1) is 47.9. The Kier molecular flexibility index (Phi) is 13.6. The van der Waals surface area contributed by atoms with Crippen LogP contribution in [0.15, 0.2) is 152 Å². The maximum absolute atomic E-state index is 14.4. The minimum Gasteiger partial charge on any atom is -0.444 e. The standard InChI is InChI=1S/C58H72N4O5Si/c1-54(2,3)67-53(64)62-48-33-35-56(62,43-61(40-48)58(45-23-12-7-13-24-45,46-25-14-8-15-26-46)47-27-16-9-17-28-47)36-37-59-52(63)42-65-49-39-57(34-22-38-60(57)41-49)44-66-68(55(4,5)6,50-29-18-10-19-30-50)51-31-20-11-21-32-51/h7-21,23-32,48-49H,22,33-44H2,1-6H3,(H,59,63)/t48?,49-,56?,57-/m1/s1. The van der Waals surface area contributed by atoms with Crippen LogP contribution >= 0.6 is 0 Å². The molecule has 1 N–H and O–H groups in total. The summed E-state index contributed by atoms with van der Waals surface area (Å²) in [6.07, 6.45) is 4.88. The molecular weight excluding hydrogens is 861 g/mol. The van der Waals surface area contributed by atoms with E-state index in [4.69, 9.17) is 13.9 Å². The van der Waals surface area contributed by atoms with E-state index < -0.39 is 25.0 Å². The minimum atomic E-state index is -2.73. The van der Waals surface area contributed by atoms with E-state index >= 15 is 0 Å². The Morgan fingerprint density at radius 1 is 0.691 bits per heavy atom. The number of ether oxygens (including phenoxy) is 2. The molecule has 4 saturated heterocycles. The zero-order valence-electron chi connectivity index (χ0n) is 41.2. The highest BCUT2D eigenvalue weighted by atomic mass is 28.4. The lowest BCUT2D eigenvalue weighted by Gasteiger charge is -2.55. The van der Waals surface area contributed by atoms with Crippen molar-refractivity contribution in [3.05, 3.63) is 168 Å². The van der Waals surface area contributed by atoms with Crippen LogP contribution in [0.25, 0.3) is 0 Å². The van der Waals surface area contributed by atoms with E-state index in [9.17, 15) is 9.59 Å². The van der Waals surface area contributed by atoms with Gasteiger partial charge >= 0.3 is 6.09 Å². The molecule has 9 nitrogen and oxygen atoms in total. The quantitative estimate of drug-likeness (QED) is 0.0829. The number of piperazine rings is 1. The maximum atomic E-state index is 14.4. The summed E-state index contributed by atoms with van der Waals surface area (Å²) in [5.74, 6) is -0.135. The largest absolute Gasteiger partial charge is 0.444 e. The molecule has 2 unspecified atom stereocenters. The maximum Gasteiger partial charge on any atom is 0.411 e. The van der Waals surface area contributed by atoms with Crippen molar-refractivity contribution in [2.45, 2.75) is 119 Å². The number of rotatable bonds is 15. The van der Waals surface area contributed by atoms with Crippen molar-refractivity contribution in [2.24, 2.45) is 0 Å². The second-order valence-corrected chi connectivity index (χ2v) is 26.2. The molecule has 4 aliphatic rings. The average molecular weight is 933 g/mol. The van der Waals surface area contributed by atoms with Crippen molar-refractivity contribution in [1.29, 1.82) is 0 Å². The molecule has 2 amide bonds. The van der Waals surface area contributed by atoms with Gasteiger partial charge < -0.3 is 19.2 Å².